The molecule has 25 heavy (non-hydrogen) atoms. The summed E-state index contributed by atoms with van der Waals surface area (Å²) in [6.07, 6.45) is 4.24. The highest BCUT2D eigenvalue weighted by Gasteiger charge is 2.34. The Morgan fingerprint density at radius 1 is 0.960 bits per heavy atom. The fourth-order valence-corrected chi connectivity index (χ4v) is 3.49. The van der Waals surface area contributed by atoms with E-state index in [0.29, 0.717) is 6.04 Å². The molecule has 5 heteroatoms. The van der Waals surface area contributed by atoms with E-state index in [4.69, 9.17) is 5.11 Å². The van der Waals surface area contributed by atoms with Crippen molar-refractivity contribution in [3.05, 3.63) is 0 Å². The van der Waals surface area contributed by atoms with Crippen LogP contribution in [0.2, 0.25) is 0 Å². The molecule has 0 amide bonds. The predicted octanol–water partition coefficient (Wildman–Crippen LogP) is 3.85. The van der Waals surface area contributed by atoms with Crippen molar-refractivity contribution in [3.8, 4) is 0 Å². The SMILES string of the molecule is CC.CC.CCN1CCCC1C(C)(C)O.CCN1CCC[C@H]1C(=O)O. The summed E-state index contributed by atoms with van der Waals surface area (Å²) in [5, 5.41) is 18.5. The summed E-state index contributed by atoms with van der Waals surface area (Å²) < 4.78 is 0. The number of nitrogens with zero attached hydrogens (tertiary/aromatic N) is 2. The van der Waals surface area contributed by atoms with Crippen LogP contribution in [0.3, 0.4) is 0 Å². The first-order valence-corrected chi connectivity index (χ1v) is 10.2. The molecule has 0 aromatic heterocycles. The van der Waals surface area contributed by atoms with Gasteiger partial charge < -0.3 is 10.2 Å². The lowest BCUT2D eigenvalue weighted by atomic mass is 9.97. The second-order valence-electron chi connectivity index (χ2n) is 6.57. The molecule has 0 aliphatic carbocycles. The molecule has 2 fully saturated rings. The van der Waals surface area contributed by atoms with Crippen molar-refractivity contribution in [2.24, 2.45) is 0 Å². The van der Waals surface area contributed by atoms with Gasteiger partial charge in [-0.3, -0.25) is 14.6 Å². The smallest absolute Gasteiger partial charge is 0.320 e. The molecular formula is C20H44N2O3. The van der Waals surface area contributed by atoms with Crippen molar-refractivity contribution in [1.82, 2.24) is 9.80 Å². The van der Waals surface area contributed by atoms with Gasteiger partial charge in [-0.15, -0.1) is 0 Å². The third-order valence-electron chi connectivity index (χ3n) is 4.64. The topological polar surface area (TPSA) is 64.0 Å². The standard InChI is InChI=1S/C9H19NO.C7H13NO2.2C2H6/c1-4-10-7-5-6-8(10)9(2,3)11;1-2-8-5-3-4-6(8)7(9)10;2*1-2/h8,11H,4-7H2,1-3H3;6H,2-5H2,1H3,(H,9,10);2*1-2H3/t;6-;;/m.0../s1. The second kappa shape index (κ2) is 14.5. The first kappa shape index (κ1) is 26.6. The normalized spacial score (nSPS) is 23.6. The molecule has 2 heterocycles. The van der Waals surface area contributed by atoms with E-state index in [9.17, 15) is 9.90 Å². The second-order valence-corrected chi connectivity index (χ2v) is 6.57. The van der Waals surface area contributed by atoms with Crippen LogP contribution in [0.25, 0.3) is 0 Å². The molecule has 0 radical (unpaired) electrons. The Bertz CT molecular complexity index is 329. The maximum Gasteiger partial charge on any atom is 0.320 e. The van der Waals surface area contributed by atoms with Crippen molar-refractivity contribution >= 4 is 5.97 Å². The van der Waals surface area contributed by atoms with E-state index in [1.165, 1.54) is 6.42 Å². The van der Waals surface area contributed by atoms with E-state index in [1.54, 1.807) is 0 Å². The zero-order chi connectivity index (χ0) is 20.0. The minimum Gasteiger partial charge on any atom is -0.480 e. The van der Waals surface area contributed by atoms with Crippen LogP contribution in [0, 0.1) is 0 Å². The van der Waals surface area contributed by atoms with Crippen LogP contribution in [-0.4, -0.2) is 69.8 Å². The van der Waals surface area contributed by atoms with Crippen LogP contribution < -0.4 is 0 Å². The number of aliphatic carboxylic acids is 1. The van der Waals surface area contributed by atoms with Gasteiger partial charge in [0.1, 0.15) is 6.04 Å². The van der Waals surface area contributed by atoms with Crippen molar-refractivity contribution < 1.29 is 15.0 Å². The quantitative estimate of drug-likeness (QED) is 0.797. The zero-order valence-electron chi connectivity index (χ0n) is 18.0. The summed E-state index contributed by atoms with van der Waals surface area (Å²) >= 11 is 0. The Balaban J connectivity index is 0. The van der Waals surface area contributed by atoms with Gasteiger partial charge in [-0.2, -0.15) is 0 Å². The molecule has 0 aromatic carbocycles. The van der Waals surface area contributed by atoms with Gasteiger partial charge in [0, 0.05) is 6.04 Å². The van der Waals surface area contributed by atoms with E-state index in [-0.39, 0.29) is 6.04 Å². The third-order valence-corrected chi connectivity index (χ3v) is 4.64. The van der Waals surface area contributed by atoms with E-state index < -0.39 is 11.6 Å². The number of hydrogen-bond acceptors (Lipinski definition) is 4. The van der Waals surface area contributed by atoms with E-state index in [2.05, 4.69) is 11.8 Å². The summed E-state index contributed by atoms with van der Waals surface area (Å²) in [6.45, 7) is 20.0. The third kappa shape index (κ3) is 9.57. The number of carbonyl (C=O) groups is 1. The van der Waals surface area contributed by atoms with Crippen LogP contribution in [-0.2, 0) is 4.79 Å². The van der Waals surface area contributed by atoms with Gasteiger partial charge in [0.15, 0.2) is 0 Å². The molecule has 0 bridgehead atoms. The molecule has 2 N–H and O–H groups in total. The summed E-state index contributed by atoms with van der Waals surface area (Å²) in [7, 11) is 0. The highest BCUT2D eigenvalue weighted by atomic mass is 16.4. The lowest BCUT2D eigenvalue weighted by molar-refractivity contribution is -0.142. The molecule has 1 unspecified atom stereocenters. The van der Waals surface area contributed by atoms with Crippen LogP contribution in [0.15, 0.2) is 0 Å². The molecule has 2 aliphatic heterocycles. The van der Waals surface area contributed by atoms with Crippen molar-refractivity contribution in [3.63, 3.8) is 0 Å². The fourth-order valence-electron chi connectivity index (χ4n) is 3.49. The van der Waals surface area contributed by atoms with Crippen molar-refractivity contribution in [2.45, 2.75) is 98.8 Å². The van der Waals surface area contributed by atoms with Gasteiger partial charge in [-0.1, -0.05) is 41.5 Å². The van der Waals surface area contributed by atoms with Gasteiger partial charge in [0.25, 0.3) is 0 Å². The summed E-state index contributed by atoms with van der Waals surface area (Å²) in [5.74, 6) is -0.667. The lowest BCUT2D eigenvalue weighted by Crippen LogP contribution is -2.45. The number of hydrogen-bond donors (Lipinski definition) is 2. The van der Waals surface area contributed by atoms with E-state index in [1.807, 2.05) is 53.4 Å². The molecular weight excluding hydrogens is 316 g/mol. The number of rotatable bonds is 4. The Morgan fingerprint density at radius 2 is 1.40 bits per heavy atom. The molecule has 5 nitrogen and oxygen atoms in total. The Labute approximate surface area is 156 Å². The Morgan fingerprint density at radius 3 is 1.72 bits per heavy atom. The van der Waals surface area contributed by atoms with E-state index in [0.717, 1.165) is 45.4 Å². The highest BCUT2D eigenvalue weighted by molar-refractivity contribution is 5.73. The van der Waals surface area contributed by atoms with E-state index >= 15 is 0 Å². The Kier molecular flexibility index (Phi) is 15.4. The molecule has 0 spiro atoms. The van der Waals surface area contributed by atoms with Gasteiger partial charge in [0.2, 0.25) is 0 Å². The highest BCUT2D eigenvalue weighted by Crippen LogP contribution is 2.25. The maximum atomic E-state index is 10.5. The fraction of sp³-hybridized carbons (Fsp3) is 0.950. The van der Waals surface area contributed by atoms with Crippen molar-refractivity contribution in [1.29, 1.82) is 0 Å². The number of carboxylic acid groups (broad SMARTS) is 1. The summed E-state index contributed by atoms with van der Waals surface area (Å²) in [4.78, 5) is 14.9. The molecule has 2 saturated heterocycles. The number of carboxylic acids is 1. The number of likely N-dealkylation sites (tertiary alicyclic amines) is 2. The van der Waals surface area contributed by atoms with Crippen molar-refractivity contribution in [2.75, 3.05) is 26.2 Å². The van der Waals surface area contributed by atoms with Crippen LogP contribution >= 0.6 is 0 Å². The monoisotopic (exact) mass is 360 g/mol. The van der Waals surface area contributed by atoms with Gasteiger partial charge >= 0.3 is 5.97 Å². The molecule has 152 valence electrons. The molecule has 2 atom stereocenters. The number of likely N-dealkylation sites (N-methyl/N-ethyl adjacent to an activating group) is 2. The lowest BCUT2D eigenvalue weighted by Gasteiger charge is -2.32. The van der Waals surface area contributed by atoms with Gasteiger partial charge in [-0.25, -0.2) is 0 Å². The average Bonchev–Trinajstić information content (AvgIpc) is 3.27. The average molecular weight is 361 g/mol. The molecule has 0 saturated carbocycles. The van der Waals surface area contributed by atoms with Crippen LogP contribution in [0.5, 0.6) is 0 Å². The largest absolute Gasteiger partial charge is 0.480 e. The number of aliphatic hydroxyl groups is 1. The Hall–Kier alpha value is -0.650. The summed E-state index contributed by atoms with van der Waals surface area (Å²) in [6, 6.07) is 0.178. The van der Waals surface area contributed by atoms with Crippen LogP contribution in [0.4, 0.5) is 0 Å². The molecule has 2 aliphatic rings. The zero-order valence-corrected chi connectivity index (χ0v) is 18.0. The van der Waals surface area contributed by atoms with Gasteiger partial charge in [0.05, 0.1) is 5.60 Å². The van der Waals surface area contributed by atoms with Gasteiger partial charge in [-0.05, 0) is 65.7 Å². The predicted molar refractivity (Wildman–Crippen MR) is 107 cm³/mol. The maximum absolute atomic E-state index is 10.5. The minimum atomic E-state index is -0.667. The first-order chi connectivity index (χ1) is 11.8. The minimum absolute atomic E-state index is 0.204. The molecule has 2 rings (SSSR count). The summed E-state index contributed by atoms with van der Waals surface area (Å²) in [5.41, 5.74) is -0.521. The molecule has 0 aromatic rings. The first-order valence-electron chi connectivity index (χ1n) is 10.2. The van der Waals surface area contributed by atoms with Crippen LogP contribution in [0.1, 0.15) is 81.1 Å².